The number of ether oxygens (including phenoxy) is 3. The highest BCUT2D eigenvalue weighted by Gasteiger charge is 2.38. The lowest BCUT2D eigenvalue weighted by Gasteiger charge is -2.29. The summed E-state index contributed by atoms with van der Waals surface area (Å²) in [7, 11) is 0. The molecular formula is C20H17ClFNO5. The van der Waals surface area contributed by atoms with Gasteiger partial charge in [0.2, 0.25) is 0 Å². The van der Waals surface area contributed by atoms with E-state index in [1.807, 2.05) is 0 Å². The van der Waals surface area contributed by atoms with Gasteiger partial charge >= 0.3 is 11.9 Å². The Bertz CT molecular complexity index is 935. The van der Waals surface area contributed by atoms with Crippen LogP contribution in [-0.2, 0) is 25.7 Å². The summed E-state index contributed by atoms with van der Waals surface area (Å²) in [6.45, 7) is 3.11. The van der Waals surface area contributed by atoms with Crippen molar-refractivity contribution in [3.8, 4) is 5.75 Å². The third-order valence-corrected chi connectivity index (χ3v) is 4.04. The maximum absolute atomic E-state index is 13.2. The average Bonchev–Trinajstić information content (AvgIpc) is 2.60. The molecule has 8 heteroatoms. The molecule has 0 spiro atoms. The summed E-state index contributed by atoms with van der Waals surface area (Å²) < 4.78 is 28.8. The van der Waals surface area contributed by atoms with E-state index in [2.05, 4.69) is 5.32 Å². The summed E-state index contributed by atoms with van der Waals surface area (Å²) in [4.78, 5) is 23.8. The molecule has 0 amide bonds. The van der Waals surface area contributed by atoms with Crippen LogP contribution in [-0.4, -0.2) is 17.7 Å². The van der Waals surface area contributed by atoms with E-state index in [0.29, 0.717) is 22.0 Å². The van der Waals surface area contributed by atoms with Crippen LogP contribution in [0.1, 0.15) is 19.4 Å². The minimum atomic E-state index is -1.30. The molecule has 1 heterocycles. The second kappa shape index (κ2) is 7.90. The predicted octanol–water partition coefficient (Wildman–Crippen LogP) is 4.19. The summed E-state index contributed by atoms with van der Waals surface area (Å²) >= 11 is 6.21. The smallest absolute Gasteiger partial charge is 0.350 e. The van der Waals surface area contributed by atoms with E-state index in [9.17, 15) is 14.0 Å². The third-order valence-electron chi connectivity index (χ3n) is 3.72. The molecule has 3 rings (SSSR count). The molecule has 1 aliphatic heterocycles. The van der Waals surface area contributed by atoms with Crippen molar-refractivity contribution >= 4 is 29.2 Å². The maximum Gasteiger partial charge on any atom is 0.350 e. The zero-order chi connectivity index (χ0) is 20.3. The molecule has 1 fully saturated rings. The number of anilines is 1. The standard InChI is InChI=1S/C20H17ClFNO5/c1-20(2)27-18(24)15(19(25)28-20)10-23-17-7-6-14(9-16(17)21)26-11-12-4-3-5-13(22)8-12/h3-10,23H,11H2,1-2H3. The van der Waals surface area contributed by atoms with E-state index in [-0.39, 0.29) is 18.0 Å². The van der Waals surface area contributed by atoms with Crippen molar-refractivity contribution in [3.63, 3.8) is 0 Å². The first-order valence-electron chi connectivity index (χ1n) is 8.34. The predicted molar refractivity (Wildman–Crippen MR) is 100 cm³/mol. The molecule has 1 N–H and O–H groups in total. The molecule has 146 valence electrons. The Kier molecular flexibility index (Phi) is 5.56. The number of rotatable bonds is 5. The number of hydrogen-bond donors (Lipinski definition) is 1. The molecule has 0 saturated carbocycles. The van der Waals surface area contributed by atoms with Gasteiger partial charge in [0.05, 0.1) is 10.7 Å². The molecule has 1 aliphatic rings. The average molecular weight is 406 g/mol. The van der Waals surface area contributed by atoms with E-state index in [1.165, 1.54) is 32.2 Å². The first-order valence-corrected chi connectivity index (χ1v) is 8.71. The van der Waals surface area contributed by atoms with Gasteiger partial charge in [0.25, 0.3) is 5.79 Å². The number of esters is 2. The summed E-state index contributed by atoms with van der Waals surface area (Å²) in [5.41, 5.74) is 0.847. The Morgan fingerprint density at radius 1 is 1.14 bits per heavy atom. The fraction of sp³-hybridized carbons (Fsp3) is 0.200. The van der Waals surface area contributed by atoms with E-state index < -0.39 is 17.7 Å². The van der Waals surface area contributed by atoms with Crippen molar-refractivity contribution in [2.45, 2.75) is 26.2 Å². The zero-order valence-corrected chi connectivity index (χ0v) is 15.9. The topological polar surface area (TPSA) is 73.9 Å². The van der Waals surface area contributed by atoms with E-state index in [0.717, 1.165) is 0 Å². The lowest BCUT2D eigenvalue weighted by molar-refractivity contribution is -0.222. The second-order valence-electron chi connectivity index (χ2n) is 6.44. The molecule has 1 saturated heterocycles. The highest BCUT2D eigenvalue weighted by Crippen LogP contribution is 2.28. The number of hydrogen-bond acceptors (Lipinski definition) is 6. The van der Waals surface area contributed by atoms with Crippen LogP contribution >= 0.6 is 11.6 Å². The first kappa shape index (κ1) is 19.7. The van der Waals surface area contributed by atoms with Crippen molar-refractivity contribution in [2.24, 2.45) is 0 Å². The first-order chi connectivity index (χ1) is 13.2. The van der Waals surface area contributed by atoms with Crippen LogP contribution in [0.4, 0.5) is 10.1 Å². The SMILES string of the molecule is CC1(C)OC(=O)C(=CNc2ccc(OCc3cccc(F)c3)cc2Cl)C(=O)O1. The number of carbonyl (C=O) groups is 2. The van der Waals surface area contributed by atoms with Crippen LogP contribution < -0.4 is 10.1 Å². The number of cyclic esters (lactones) is 2. The van der Waals surface area contributed by atoms with Crippen molar-refractivity contribution in [2.75, 3.05) is 5.32 Å². The van der Waals surface area contributed by atoms with Crippen LogP contribution in [0.3, 0.4) is 0 Å². The van der Waals surface area contributed by atoms with Crippen molar-refractivity contribution < 1.29 is 28.2 Å². The largest absolute Gasteiger partial charge is 0.489 e. The lowest BCUT2D eigenvalue weighted by atomic mass is 10.2. The minimum absolute atomic E-state index is 0.179. The van der Waals surface area contributed by atoms with Crippen molar-refractivity contribution in [1.82, 2.24) is 0 Å². The highest BCUT2D eigenvalue weighted by molar-refractivity contribution is 6.33. The van der Waals surface area contributed by atoms with Gasteiger partial charge in [0.15, 0.2) is 5.57 Å². The fourth-order valence-electron chi connectivity index (χ4n) is 2.42. The van der Waals surface area contributed by atoms with E-state index in [4.69, 9.17) is 25.8 Å². The van der Waals surface area contributed by atoms with Crippen LogP contribution in [0.2, 0.25) is 5.02 Å². The number of benzene rings is 2. The summed E-state index contributed by atoms with van der Waals surface area (Å²) in [6.07, 6.45) is 1.17. The number of nitrogens with one attached hydrogen (secondary N) is 1. The number of halogens is 2. The molecule has 2 aromatic rings. The van der Waals surface area contributed by atoms with Crippen LogP contribution in [0.5, 0.6) is 5.75 Å². The van der Waals surface area contributed by atoms with Crippen LogP contribution in [0.15, 0.2) is 54.2 Å². The van der Waals surface area contributed by atoms with Gasteiger partial charge in [-0.3, -0.25) is 0 Å². The normalized spacial score (nSPS) is 15.5. The molecule has 2 aromatic carbocycles. The molecule has 0 radical (unpaired) electrons. The fourth-order valence-corrected chi connectivity index (χ4v) is 2.65. The van der Waals surface area contributed by atoms with Gasteiger partial charge in [0.1, 0.15) is 18.2 Å². The summed E-state index contributed by atoms with van der Waals surface area (Å²) in [5.74, 6) is -2.75. The Balaban J connectivity index is 1.66. The zero-order valence-electron chi connectivity index (χ0n) is 15.1. The second-order valence-corrected chi connectivity index (χ2v) is 6.85. The van der Waals surface area contributed by atoms with Crippen molar-refractivity contribution in [3.05, 3.63) is 70.6 Å². The summed E-state index contributed by atoms with van der Waals surface area (Å²) in [5, 5.41) is 3.08. The van der Waals surface area contributed by atoms with E-state index >= 15 is 0 Å². The molecule has 28 heavy (non-hydrogen) atoms. The molecule has 6 nitrogen and oxygen atoms in total. The molecular weight excluding hydrogens is 389 g/mol. The third kappa shape index (κ3) is 4.80. The molecule has 0 unspecified atom stereocenters. The van der Waals surface area contributed by atoms with Crippen LogP contribution in [0, 0.1) is 5.82 Å². The van der Waals surface area contributed by atoms with Gasteiger partial charge in [-0.25, -0.2) is 14.0 Å². The van der Waals surface area contributed by atoms with Gasteiger partial charge in [-0.15, -0.1) is 0 Å². The molecule has 0 bridgehead atoms. The Morgan fingerprint density at radius 2 is 1.86 bits per heavy atom. The maximum atomic E-state index is 13.2. The quantitative estimate of drug-likeness (QED) is 0.457. The Morgan fingerprint density at radius 3 is 2.50 bits per heavy atom. The molecule has 0 atom stereocenters. The van der Waals surface area contributed by atoms with Gasteiger partial charge in [-0.1, -0.05) is 23.7 Å². The molecule has 0 aromatic heterocycles. The lowest BCUT2D eigenvalue weighted by Crippen LogP contribution is -2.42. The Labute approximate surface area is 165 Å². The molecule has 0 aliphatic carbocycles. The van der Waals surface area contributed by atoms with E-state index in [1.54, 1.807) is 30.3 Å². The number of carbonyl (C=O) groups excluding carboxylic acids is 2. The van der Waals surface area contributed by atoms with Crippen LogP contribution in [0.25, 0.3) is 0 Å². The monoisotopic (exact) mass is 405 g/mol. The van der Waals surface area contributed by atoms with Gasteiger partial charge in [-0.2, -0.15) is 0 Å². The summed E-state index contributed by atoms with van der Waals surface area (Å²) in [6, 6.07) is 10.9. The minimum Gasteiger partial charge on any atom is -0.489 e. The van der Waals surface area contributed by atoms with Crippen molar-refractivity contribution in [1.29, 1.82) is 0 Å². The highest BCUT2D eigenvalue weighted by atomic mass is 35.5. The Hall–Kier alpha value is -3.06. The van der Waals surface area contributed by atoms with Gasteiger partial charge in [-0.05, 0) is 29.8 Å². The van der Waals surface area contributed by atoms with Gasteiger partial charge in [0, 0.05) is 26.1 Å². The van der Waals surface area contributed by atoms with Gasteiger partial charge < -0.3 is 19.5 Å².